The van der Waals surface area contributed by atoms with Gasteiger partial charge >= 0.3 is 12.1 Å². The lowest BCUT2D eigenvalue weighted by Crippen LogP contribution is -2.62. The number of fused-ring (bicyclic) bond motifs is 6. The Kier molecular flexibility index (Phi) is 38.9. The Bertz CT molecular complexity index is 4920. The molecule has 0 spiro atoms. The van der Waals surface area contributed by atoms with Gasteiger partial charge < -0.3 is 119 Å². The Morgan fingerprint density at radius 2 is 1.46 bits per heavy atom. The van der Waals surface area contributed by atoms with Crippen molar-refractivity contribution in [2.24, 2.45) is 28.9 Å². The van der Waals surface area contributed by atoms with Gasteiger partial charge in [-0.05, 0) is 125 Å². The minimum absolute atomic E-state index is 0.0347. The minimum Gasteiger partial charge on any atom is -0.508 e. The van der Waals surface area contributed by atoms with Crippen LogP contribution in [0, 0.1) is 5.92 Å². The highest BCUT2D eigenvalue weighted by Gasteiger charge is 2.64. The van der Waals surface area contributed by atoms with Gasteiger partial charge in [-0.3, -0.25) is 57.5 Å². The van der Waals surface area contributed by atoms with Gasteiger partial charge in [-0.15, -0.1) is 0 Å². The van der Waals surface area contributed by atoms with Crippen LogP contribution in [-0.2, 0) is 107 Å². The SMILES string of the molecule is COc1cc2cc(c1Cl)N(C)C(=O)C[C@H](OC(=O)[C@H](C)N(C)C(=O)CCSSC[C@H](NC(=O)CC[C@H](NC(=O)[C@@H]1CSSC[C@H](NC(=O)[C@H](N)Cc3ccccc3)C(=O)N[C@@H](Cc3ccc(O)cc3)C(=O)N[C@H](Cc3c[nH]c4ccccc34)C(=O)N[C@@H](CCCCN)C(=O)N[C@@H]([C@@H](C)O)C(=O)N1)C(N)=O)C(N)=O)[C@]1(C)O[C@H]1[C@H](C)[C@@H]1CC(NC(=O)O1)[C@H](OC)/C=C/C=C(\C)C2. The average molecular weight is 1900 g/mol. The zero-order valence-electron chi connectivity index (χ0n) is 73.7. The maximum atomic E-state index is 15.1. The predicted octanol–water partition coefficient (Wildman–Crippen LogP) is 2.74. The van der Waals surface area contributed by atoms with Crippen LogP contribution in [0.4, 0.5) is 10.5 Å². The summed E-state index contributed by atoms with van der Waals surface area (Å²) in [7, 11) is 9.90. The fourth-order valence-corrected chi connectivity index (χ4v) is 19.9. The number of primary amides is 2. The van der Waals surface area contributed by atoms with Crippen molar-refractivity contribution < 1.29 is 101 Å². The van der Waals surface area contributed by atoms with E-state index >= 15 is 4.79 Å². The highest BCUT2D eigenvalue weighted by Crippen LogP contribution is 2.49. The lowest BCUT2D eigenvalue weighted by atomic mass is 9.84. The fraction of sp³-hybridized carbons (Fsp3) is 0.500. The third-order valence-corrected chi connectivity index (χ3v) is 28.2. The number of aromatic amines is 1. The van der Waals surface area contributed by atoms with Crippen LogP contribution in [-0.4, -0.2) is 263 Å². The summed E-state index contributed by atoms with van der Waals surface area (Å²) in [4.78, 5) is 205. The van der Waals surface area contributed by atoms with Gasteiger partial charge in [0.1, 0.15) is 88.7 Å². The number of para-hydroxylation sites is 1. The maximum Gasteiger partial charge on any atom is 0.407 e. The van der Waals surface area contributed by atoms with Gasteiger partial charge in [-0.25, -0.2) is 9.59 Å². The molecule has 0 aliphatic carbocycles. The first kappa shape index (κ1) is 103. The molecule has 706 valence electrons. The second kappa shape index (κ2) is 49.0. The smallest absolute Gasteiger partial charge is 0.407 e. The van der Waals surface area contributed by atoms with Crippen LogP contribution in [0.3, 0.4) is 0 Å². The number of ether oxygens (including phenoxy) is 5. The number of amides is 13. The standard InChI is InChI=1S/C88H117ClN16O21S4/c1-46-18-17-24-67(122-8)60-40-68(124-87(121)102-60)47(2)76-88(5,126-76)70(41-73(110)105(7)66-37-52(34-46)38-69(123-9)74(66)89)125-86(120)48(3)104(6)72(109)31-33-127-128-43-63(78(93)112)95-71(108)30-29-58(77(92)111)96-83(117)65-45-130-129-44-64(100-79(113)56(91)35-50-19-11-10-12-20-50)84(118)98-61(36-51-25-27-54(107)28-26-51)81(115)99-62(39-53-42-94-57-22-14-13-21-55(53)57)82(116)97-59(23-15-16-32-90)80(114)103-75(49(4)106)85(119)101-65/h10-14,17-22,24-28,37-38,42,47-49,56,58-65,67-68,70,75-76,94,106-107H,15-16,23,29-36,39-41,43-45,90-91H2,1-9H3,(H2,92,111)(H2,93,112)(H,95,108)(H,96,117)(H,97,116)(H,98,118)(H,99,115)(H,100,113)(H,101,119)(H,102,121)(H,103,114)/b24-17+,46-18+/t47-,48+,49-,56-,58+,59+,60?,61+,62-,63+,64+,65+,67-,68+,70+,75+,76+,88+/m1/s1. The number of rotatable bonds is 32. The number of likely N-dealkylation sites (N-methyl/N-ethyl adjacent to an activating group) is 1. The molecular weight excluding hydrogens is 1780 g/mol. The molecule has 4 aliphatic rings. The first-order valence-electron chi connectivity index (χ1n) is 42.5. The number of anilines is 1. The second-order valence-electron chi connectivity index (χ2n) is 32.7. The molecule has 37 nitrogen and oxygen atoms in total. The number of aliphatic hydroxyl groups is 1. The van der Waals surface area contributed by atoms with E-state index in [4.69, 9.17) is 58.2 Å². The number of nitrogens with zero attached hydrogens (tertiary/aromatic N) is 2. The van der Waals surface area contributed by atoms with Crippen LogP contribution in [0.25, 0.3) is 10.9 Å². The lowest BCUT2D eigenvalue weighted by Gasteiger charge is -2.36. The Balaban J connectivity index is 0.860. The van der Waals surface area contributed by atoms with E-state index in [1.54, 1.807) is 79.9 Å². The summed E-state index contributed by atoms with van der Waals surface area (Å²) in [5, 5.41) is 46.2. The quantitative estimate of drug-likeness (QED) is 0.0127. The van der Waals surface area contributed by atoms with Crippen LogP contribution >= 0.6 is 54.8 Å². The summed E-state index contributed by atoms with van der Waals surface area (Å²) in [6.07, 6.45) is 0.882. The van der Waals surface area contributed by atoms with Crippen molar-refractivity contribution in [3.63, 3.8) is 0 Å². The van der Waals surface area contributed by atoms with Crippen molar-refractivity contribution in [2.45, 2.75) is 214 Å². The van der Waals surface area contributed by atoms with Gasteiger partial charge in [0.25, 0.3) is 0 Å². The Morgan fingerprint density at radius 3 is 2.15 bits per heavy atom. The summed E-state index contributed by atoms with van der Waals surface area (Å²) < 4.78 is 29.9. The summed E-state index contributed by atoms with van der Waals surface area (Å²) >= 11 is 6.89. The zero-order chi connectivity index (χ0) is 94.8. The first-order chi connectivity index (χ1) is 61.9. The van der Waals surface area contributed by atoms with Gasteiger partial charge in [-0.1, -0.05) is 146 Å². The first-order valence-corrected chi connectivity index (χ1v) is 47.9. The second-order valence-corrected chi connectivity index (χ2v) is 38.2. The number of phenols is 1. The van der Waals surface area contributed by atoms with E-state index in [1.165, 1.54) is 76.2 Å². The number of methoxy groups -OCH3 is 2. The van der Waals surface area contributed by atoms with E-state index in [0.29, 0.717) is 58.3 Å². The van der Waals surface area contributed by atoms with Crippen LogP contribution in [0.2, 0.25) is 5.02 Å². The number of carbonyl (C=O) groups excluding carboxylic acids is 14. The summed E-state index contributed by atoms with van der Waals surface area (Å²) in [6, 6.07) is 9.73. The number of hydrogen-bond donors (Lipinski definition) is 16. The number of alkyl carbamates (subject to hydrolysis) is 1. The number of unbranched alkanes of at least 4 members (excludes halogenated alkanes) is 1. The number of phenolic OH excluding ortho intramolecular Hbond substituents is 1. The number of aliphatic hydroxyl groups excluding tert-OH is 1. The molecule has 5 aromatic rings. The van der Waals surface area contributed by atoms with Crippen LogP contribution < -0.4 is 80.4 Å². The van der Waals surface area contributed by atoms with Crippen molar-refractivity contribution in [3.05, 3.63) is 148 Å². The lowest BCUT2D eigenvalue weighted by molar-refractivity contribution is -0.162. The fourth-order valence-electron chi connectivity index (χ4n) is 15.1. The molecule has 4 aromatic carbocycles. The minimum atomic E-state index is -1.86. The molecule has 20 N–H and O–H groups in total. The molecule has 5 heterocycles. The number of hydrogen-bond acceptors (Lipinski definition) is 27. The highest BCUT2D eigenvalue weighted by molar-refractivity contribution is 8.77. The molecule has 1 aromatic heterocycles. The van der Waals surface area contributed by atoms with Crippen LogP contribution in [0.15, 0.2) is 121 Å². The number of benzene rings is 4. The van der Waals surface area contributed by atoms with E-state index in [2.05, 4.69) is 52.8 Å². The molecule has 3 fully saturated rings. The Hall–Kier alpha value is -10.6. The van der Waals surface area contributed by atoms with Crippen molar-refractivity contribution in [2.75, 3.05) is 62.8 Å². The highest BCUT2D eigenvalue weighted by atomic mass is 35.5. The number of halogens is 1. The molecular formula is C88H117ClN16O21S4. The number of nitrogens with two attached hydrogens (primary N) is 4. The van der Waals surface area contributed by atoms with Crippen LogP contribution in [0.1, 0.15) is 108 Å². The number of aromatic nitrogens is 1. The van der Waals surface area contributed by atoms with Gasteiger partial charge in [0.15, 0.2) is 0 Å². The summed E-state index contributed by atoms with van der Waals surface area (Å²) in [5.74, 6) is -12.6. The molecule has 130 heavy (non-hydrogen) atoms. The van der Waals surface area contributed by atoms with Gasteiger partial charge in [0, 0.05) is 99.3 Å². The number of esters is 1. The van der Waals surface area contributed by atoms with Crippen molar-refractivity contribution in [3.8, 4) is 11.5 Å². The van der Waals surface area contributed by atoms with E-state index in [-0.39, 0.29) is 73.1 Å². The molecule has 4 bridgehead atoms. The molecule has 4 aliphatic heterocycles. The number of nitrogens with one attached hydrogen (secondary N) is 10. The third kappa shape index (κ3) is 29.2. The van der Waals surface area contributed by atoms with Crippen molar-refractivity contribution in [1.29, 1.82) is 0 Å². The number of H-pyrrole nitrogens is 1. The van der Waals surface area contributed by atoms with Gasteiger partial charge in [0.2, 0.25) is 70.9 Å². The number of carbonyl (C=O) groups is 14. The molecule has 42 heteroatoms. The van der Waals surface area contributed by atoms with Crippen molar-refractivity contribution >= 4 is 154 Å². The van der Waals surface area contributed by atoms with E-state index in [0.717, 1.165) is 54.3 Å². The molecule has 9 rings (SSSR count). The largest absolute Gasteiger partial charge is 0.508 e. The summed E-state index contributed by atoms with van der Waals surface area (Å²) in [5.41, 5.74) is 27.1. The van der Waals surface area contributed by atoms with Crippen molar-refractivity contribution in [1.82, 2.24) is 57.7 Å². The summed E-state index contributed by atoms with van der Waals surface area (Å²) in [6.45, 7) is 8.26. The molecule has 13 amide bonds. The normalized spacial score (nSPS) is 25.2. The maximum absolute atomic E-state index is 15.1. The van der Waals surface area contributed by atoms with Crippen LogP contribution in [0.5, 0.6) is 11.5 Å². The Labute approximate surface area is 774 Å². The molecule has 0 radical (unpaired) electrons. The molecule has 1 unspecified atom stereocenters. The molecule has 3 saturated heterocycles. The van der Waals surface area contributed by atoms with E-state index in [9.17, 15) is 72.5 Å². The van der Waals surface area contributed by atoms with E-state index < -0.39 is 216 Å². The predicted molar refractivity (Wildman–Crippen MR) is 494 cm³/mol. The van der Waals surface area contributed by atoms with Gasteiger partial charge in [-0.2, -0.15) is 0 Å². The molecule has 18 atom stereocenters. The number of epoxide rings is 1. The van der Waals surface area contributed by atoms with Gasteiger partial charge in [0.05, 0.1) is 49.6 Å². The zero-order valence-corrected chi connectivity index (χ0v) is 77.7. The van der Waals surface area contributed by atoms with E-state index in [1.807, 2.05) is 32.1 Å². The third-order valence-electron chi connectivity index (χ3n) is 23.0. The molecule has 0 saturated carbocycles. The Morgan fingerprint density at radius 1 is 0.792 bits per heavy atom. The average Bonchev–Trinajstić information content (AvgIpc) is 1.57. The number of aromatic hydroxyl groups is 1. The topological polar surface area (TPSA) is 564 Å². The number of allylic oxidation sites excluding steroid dienone is 3. The monoisotopic (exact) mass is 1900 g/mol.